The molecule has 0 atom stereocenters. The summed E-state index contributed by atoms with van der Waals surface area (Å²) in [6, 6.07) is 9.47. The van der Waals surface area contributed by atoms with Crippen molar-refractivity contribution in [3.05, 3.63) is 30.3 Å². The van der Waals surface area contributed by atoms with Gasteiger partial charge in [-0.2, -0.15) is 0 Å². The second-order valence-corrected chi connectivity index (χ2v) is 7.59. The van der Waals surface area contributed by atoms with Gasteiger partial charge < -0.3 is 10.2 Å². The van der Waals surface area contributed by atoms with Crippen LogP contribution in [-0.4, -0.2) is 35.9 Å². The molecule has 2 amide bonds. The van der Waals surface area contributed by atoms with Crippen LogP contribution >= 0.6 is 11.8 Å². The van der Waals surface area contributed by atoms with Gasteiger partial charge in [0.05, 0.1) is 5.75 Å². The van der Waals surface area contributed by atoms with E-state index in [4.69, 9.17) is 0 Å². The average molecular weight is 308 g/mol. The number of anilines is 1. The van der Waals surface area contributed by atoms with E-state index in [1.807, 2.05) is 30.3 Å². The predicted octanol–water partition coefficient (Wildman–Crippen LogP) is 2.69. The number of para-hydroxylation sites is 1. The SMILES string of the molecule is CN(C(=O)CCNC(=O)CSC(C)(C)C)c1ccccc1. The van der Waals surface area contributed by atoms with Gasteiger partial charge in [-0.25, -0.2) is 0 Å². The van der Waals surface area contributed by atoms with E-state index < -0.39 is 0 Å². The number of hydrogen-bond acceptors (Lipinski definition) is 3. The van der Waals surface area contributed by atoms with E-state index in [0.29, 0.717) is 18.7 Å². The number of carbonyl (C=O) groups is 2. The van der Waals surface area contributed by atoms with Gasteiger partial charge in [-0.15, -0.1) is 11.8 Å². The molecule has 1 aromatic carbocycles. The molecule has 1 aromatic rings. The number of benzene rings is 1. The van der Waals surface area contributed by atoms with Crippen LogP contribution in [0.5, 0.6) is 0 Å². The third-order valence-corrected chi connectivity index (χ3v) is 4.09. The van der Waals surface area contributed by atoms with E-state index in [0.717, 1.165) is 5.69 Å². The van der Waals surface area contributed by atoms with Crippen molar-refractivity contribution in [1.29, 1.82) is 0 Å². The van der Waals surface area contributed by atoms with Gasteiger partial charge in [0.25, 0.3) is 0 Å². The van der Waals surface area contributed by atoms with Gasteiger partial charge in [-0.1, -0.05) is 39.0 Å². The van der Waals surface area contributed by atoms with Gasteiger partial charge in [0, 0.05) is 30.4 Å². The number of hydrogen-bond donors (Lipinski definition) is 1. The smallest absolute Gasteiger partial charge is 0.230 e. The zero-order valence-electron chi connectivity index (χ0n) is 13.2. The molecule has 0 fully saturated rings. The first-order chi connectivity index (χ1) is 9.79. The Bertz CT molecular complexity index is 469. The first-order valence-corrected chi connectivity index (χ1v) is 8.00. The summed E-state index contributed by atoms with van der Waals surface area (Å²) < 4.78 is 0.0701. The minimum atomic E-state index is -0.0231. The normalized spacial score (nSPS) is 11.0. The second-order valence-electron chi connectivity index (χ2n) is 5.79. The van der Waals surface area contributed by atoms with E-state index in [9.17, 15) is 9.59 Å². The van der Waals surface area contributed by atoms with Gasteiger partial charge in [-0.05, 0) is 12.1 Å². The number of nitrogens with zero attached hydrogens (tertiary/aromatic N) is 1. The van der Waals surface area contributed by atoms with E-state index in [2.05, 4.69) is 26.1 Å². The second kappa shape index (κ2) is 8.08. The number of carbonyl (C=O) groups excluding carboxylic acids is 2. The zero-order valence-corrected chi connectivity index (χ0v) is 14.0. The molecule has 0 aromatic heterocycles. The summed E-state index contributed by atoms with van der Waals surface area (Å²) in [4.78, 5) is 25.3. The summed E-state index contributed by atoms with van der Waals surface area (Å²) in [5.74, 6) is 0.390. The molecule has 1 N–H and O–H groups in total. The summed E-state index contributed by atoms with van der Waals surface area (Å²) in [7, 11) is 1.74. The zero-order chi connectivity index (χ0) is 15.9. The molecule has 0 unspecified atom stereocenters. The van der Waals surface area contributed by atoms with Gasteiger partial charge in [0.2, 0.25) is 11.8 Å². The fourth-order valence-electron chi connectivity index (χ4n) is 1.61. The van der Waals surface area contributed by atoms with Crippen molar-refractivity contribution < 1.29 is 9.59 Å². The molecule has 0 bridgehead atoms. The molecule has 1 rings (SSSR count). The largest absolute Gasteiger partial charge is 0.355 e. The first kappa shape index (κ1) is 17.6. The summed E-state index contributed by atoms with van der Waals surface area (Å²) in [6.07, 6.45) is 0.303. The number of nitrogens with one attached hydrogen (secondary N) is 1. The van der Waals surface area contributed by atoms with E-state index in [1.165, 1.54) is 0 Å². The standard InChI is InChI=1S/C16H24N2O2S/c1-16(2,3)21-12-14(19)17-11-10-15(20)18(4)13-8-6-5-7-9-13/h5-9H,10-12H2,1-4H3,(H,17,19). The molecule has 0 saturated carbocycles. The Morgan fingerprint density at radius 1 is 1.19 bits per heavy atom. The fourth-order valence-corrected chi connectivity index (χ4v) is 2.27. The van der Waals surface area contributed by atoms with Gasteiger partial charge >= 0.3 is 0 Å². The minimum absolute atomic E-state index is 0.00928. The van der Waals surface area contributed by atoms with Crippen LogP contribution in [0.15, 0.2) is 30.3 Å². The molecule has 5 heteroatoms. The lowest BCUT2D eigenvalue weighted by atomic mass is 10.2. The van der Waals surface area contributed by atoms with E-state index in [-0.39, 0.29) is 16.6 Å². The molecule has 0 aliphatic rings. The van der Waals surface area contributed by atoms with Crippen molar-refractivity contribution in [3.63, 3.8) is 0 Å². The van der Waals surface area contributed by atoms with Gasteiger partial charge in [0.15, 0.2) is 0 Å². The highest BCUT2D eigenvalue weighted by molar-refractivity contribution is 8.01. The van der Waals surface area contributed by atoms with Crippen molar-refractivity contribution in [2.24, 2.45) is 0 Å². The summed E-state index contributed by atoms with van der Waals surface area (Å²) in [5.41, 5.74) is 0.858. The molecule has 116 valence electrons. The summed E-state index contributed by atoms with van der Waals surface area (Å²) >= 11 is 1.60. The third-order valence-electron chi connectivity index (χ3n) is 2.81. The molecular formula is C16H24N2O2S. The van der Waals surface area contributed by atoms with Crippen LogP contribution in [0.4, 0.5) is 5.69 Å². The monoisotopic (exact) mass is 308 g/mol. The summed E-state index contributed by atoms with van der Waals surface area (Å²) in [6.45, 7) is 6.59. The molecule has 21 heavy (non-hydrogen) atoms. The highest BCUT2D eigenvalue weighted by atomic mass is 32.2. The Labute approximate surface area is 131 Å². The van der Waals surface area contributed by atoms with Crippen molar-refractivity contribution in [2.75, 3.05) is 24.2 Å². The molecule has 0 saturated heterocycles. The molecule has 0 aliphatic carbocycles. The van der Waals surface area contributed by atoms with Crippen molar-refractivity contribution >= 4 is 29.3 Å². The highest BCUT2D eigenvalue weighted by Gasteiger charge is 2.14. The lowest BCUT2D eigenvalue weighted by molar-refractivity contribution is -0.119. The Morgan fingerprint density at radius 2 is 1.81 bits per heavy atom. The Kier molecular flexibility index (Phi) is 6.75. The number of amides is 2. The van der Waals surface area contributed by atoms with E-state index in [1.54, 1.807) is 23.7 Å². The lowest BCUT2D eigenvalue weighted by Gasteiger charge is -2.18. The molecular weight excluding hydrogens is 284 g/mol. The van der Waals surface area contributed by atoms with Crippen molar-refractivity contribution in [3.8, 4) is 0 Å². The van der Waals surface area contributed by atoms with Crippen LogP contribution < -0.4 is 10.2 Å². The van der Waals surface area contributed by atoms with Gasteiger partial charge in [0.1, 0.15) is 0 Å². The molecule has 0 aliphatic heterocycles. The van der Waals surface area contributed by atoms with Crippen LogP contribution in [-0.2, 0) is 9.59 Å². The van der Waals surface area contributed by atoms with Crippen molar-refractivity contribution in [1.82, 2.24) is 5.32 Å². The predicted molar refractivity (Wildman–Crippen MR) is 89.7 cm³/mol. The van der Waals surface area contributed by atoms with Crippen LogP contribution in [0.25, 0.3) is 0 Å². The molecule has 0 spiro atoms. The highest BCUT2D eigenvalue weighted by Crippen LogP contribution is 2.22. The average Bonchev–Trinajstić information content (AvgIpc) is 2.44. The van der Waals surface area contributed by atoms with Crippen LogP contribution in [0.3, 0.4) is 0 Å². The number of rotatable bonds is 6. The van der Waals surface area contributed by atoms with Crippen LogP contribution in [0.1, 0.15) is 27.2 Å². The summed E-state index contributed by atoms with van der Waals surface area (Å²) in [5, 5.41) is 2.79. The minimum Gasteiger partial charge on any atom is -0.355 e. The van der Waals surface area contributed by atoms with E-state index >= 15 is 0 Å². The fraction of sp³-hybridized carbons (Fsp3) is 0.500. The maximum Gasteiger partial charge on any atom is 0.230 e. The molecule has 0 heterocycles. The number of thioether (sulfide) groups is 1. The maximum atomic E-state index is 12.0. The van der Waals surface area contributed by atoms with Gasteiger partial charge in [-0.3, -0.25) is 9.59 Å². The lowest BCUT2D eigenvalue weighted by Crippen LogP contribution is -2.33. The topological polar surface area (TPSA) is 49.4 Å². The Morgan fingerprint density at radius 3 is 2.38 bits per heavy atom. The Hall–Kier alpha value is -1.49. The Balaban J connectivity index is 2.29. The maximum absolute atomic E-state index is 12.0. The quantitative estimate of drug-likeness (QED) is 0.879. The third kappa shape index (κ3) is 7.18. The van der Waals surface area contributed by atoms with Crippen LogP contribution in [0, 0.1) is 0 Å². The molecule has 4 nitrogen and oxygen atoms in total. The molecule has 0 radical (unpaired) electrons. The van der Waals surface area contributed by atoms with Crippen molar-refractivity contribution in [2.45, 2.75) is 31.9 Å². The van der Waals surface area contributed by atoms with Crippen LogP contribution in [0.2, 0.25) is 0 Å². The first-order valence-electron chi connectivity index (χ1n) is 7.02.